The van der Waals surface area contributed by atoms with Crippen LogP contribution in [0.15, 0.2) is 170 Å². The molecule has 7 aromatic carbocycles. The molecule has 0 saturated carbocycles. The molecule has 228 valence electrons. The van der Waals surface area contributed by atoms with Crippen molar-refractivity contribution in [2.24, 2.45) is 0 Å². The van der Waals surface area contributed by atoms with E-state index in [1.54, 1.807) is 0 Å². The van der Waals surface area contributed by atoms with Crippen LogP contribution in [0, 0.1) is 0 Å². The van der Waals surface area contributed by atoms with Gasteiger partial charge in [-0.3, -0.25) is 8.97 Å². The number of fused-ring (bicyclic) bond motifs is 13. The summed E-state index contributed by atoms with van der Waals surface area (Å²) in [4.78, 5) is 5.46. The van der Waals surface area contributed by atoms with Gasteiger partial charge in [-0.1, -0.05) is 115 Å². The van der Waals surface area contributed by atoms with E-state index in [1.165, 1.54) is 49.1 Å². The first-order valence-corrected chi connectivity index (χ1v) is 16.7. The van der Waals surface area contributed by atoms with Crippen LogP contribution in [0.5, 0.6) is 0 Å². The summed E-state index contributed by atoms with van der Waals surface area (Å²) >= 11 is 0. The van der Waals surface area contributed by atoms with Gasteiger partial charge in [-0.15, -0.1) is 0 Å². The van der Waals surface area contributed by atoms with Crippen molar-refractivity contribution in [1.29, 1.82) is 0 Å². The average Bonchev–Trinajstić information content (AvgIpc) is 3.83. The fraction of sp³-hybridized carbons (Fsp3) is 0. The standard InChI is InChI=1S/C45H28N4/c1-3-14-30(15-4-1)47-39-24-12-10-21-36(39)42-32(22-13-25-40(42)47)29-26-27-37-41(28-29)48(31-16-5-2-6-17-31)45-43(37)49-38-23-11-9-19-34(38)33-18-7-8-20-35(33)44(49)46-45/h1-28H. The second-order valence-corrected chi connectivity index (χ2v) is 12.8. The summed E-state index contributed by atoms with van der Waals surface area (Å²) in [5, 5.41) is 7.28. The van der Waals surface area contributed by atoms with Gasteiger partial charge in [0.25, 0.3) is 0 Å². The van der Waals surface area contributed by atoms with E-state index in [0.29, 0.717) is 0 Å². The Hall–Kier alpha value is -6.65. The molecule has 4 heteroatoms. The van der Waals surface area contributed by atoms with Crippen LogP contribution in [0.1, 0.15) is 0 Å². The number of pyridine rings is 1. The molecule has 0 saturated heterocycles. The summed E-state index contributed by atoms with van der Waals surface area (Å²) in [7, 11) is 0. The third-order valence-electron chi connectivity index (χ3n) is 10.2. The zero-order chi connectivity index (χ0) is 32.1. The minimum Gasteiger partial charge on any atom is -0.309 e. The Morgan fingerprint density at radius 2 is 0.980 bits per heavy atom. The van der Waals surface area contributed by atoms with Crippen LogP contribution >= 0.6 is 0 Å². The van der Waals surface area contributed by atoms with Gasteiger partial charge in [-0.2, -0.15) is 0 Å². The number of benzene rings is 7. The Balaban J connectivity index is 1.27. The number of para-hydroxylation sites is 4. The first-order chi connectivity index (χ1) is 24.3. The van der Waals surface area contributed by atoms with Crippen LogP contribution in [0.2, 0.25) is 0 Å². The van der Waals surface area contributed by atoms with E-state index >= 15 is 0 Å². The molecule has 49 heavy (non-hydrogen) atoms. The lowest BCUT2D eigenvalue weighted by Gasteiger charge is -2.11. The van der Waals surface area contributed by atoms with Crippen molar-refractivity contribution in [3.8, 4) is 22.5 Å². The maximum absolute atomic E-state index is 5.46. The number of hydrogen-bond acceptors (Lipinski definition) is 1. The Labute approximate surface area is 281 Å². The zero-order valence-corrected chi connectivity index (χ0v) is 26.5. The lowest BCUT2D eigenvalue weighted by molar-refractivity contribution is 1.15. The second kappa shape index (κ2) is 9.93. The van der Waals surface area contributed by atoms with Gasteiger partial charge in [0, 0.05) is 38.3 Å². The summed E-state index contributed by atoms with van der Waals surface area (Å²) in [6.45, 7) is 0. The molecular weight excluding hydrogens is 597 g/mol. The highest BCUT2D eigenvalue weighted by molar-refractivity contribution is 6.19. The van der Waals surface area contributed by atoms with Gasteiger partial charge in [0.1, 0.15) is 11.2 Å². The van der Waals surface area contributed by atoms with E-state index in [-0.39, 0.29) is 0 Å². The zero-order valence-electron chi connectivity index (χ0n) is 26.5. The minimum atomic E-state index is 0.957. The lowest BCUT2D eigenvalue weighted by atomic mass is 9.98. The molecule has 0 amide bonds. The van der Waals surface area contributed by atoms with Gasteiger partial charge in [0.15, 0.2) is 5.65 Å². The quantitative estimate of drug-likeness (QED) is 0.180. The number of imidazole rings is 1. The Kier molecular flexibility index (Phi) is 5.35. The van der Waals surface area contributed by atoms with Crippen molar-refractivity contribution in [3.63, 3.8) is 0 Å². The maximum atomic E-state index is 5.46. The Bertz CT molecular complexity index is 3090. The van der Waals surface area contributed by atoms with Crippen molar-refractivity contribution in [2.75, 3.05) is 0 Å². The molecule has 11 aromatic rings. The normalized spacial score (nSPS) is 12.1. The fourth-order valence-electron chi connectivity index (χ4n) is 8.18. The molecule has 0 unspecified atom stereocenters. The molecule has 0 fully saturated rings. The Morgan fingerprint density at radius 3 is 1.76 bits per heavy atom. The molecular formula is C45H28N4. The number of hydrogen-bond donors (Lipinski definition) is 0. The van der Waals surface area contributed by atoms with Gasteiger partial charge < -0.3 is 4.57 Å². The van der Waals surface area contributed by atoms with E-state index in [2.05, 4.69) is 183 Å². The van der Waals surface area contributed by atoms with Gasteiger partial charge in [0.2, 0.25) is 0 Å². The average molecular weight is 625 g/mol. The molecule has 0 radical (unpaired) electrons. The molecule has 4 nitrogen and oxygen atoms in total. The van der Waals surface area contributed by atoms with Gasteiger partial charge in [-0.25, -0.2) is 4.98 Å². The molecule has 0 aliphatic carbocycles. The number of rotatable bonds is 3. The first kappa shape index (κ1) is 26.4. The second-order valence-electron chi connectivity index (χ2n) is 12.8. The van der Waals surface area contributed by atoms with Crippen molar-refractivity contribution in [2.45, 2.75) is 0 Å². The van der Waals surface area contributed by atoms with E-state index in [1.807, 2.05) is 0 Å². The smallest absolute Gasteiger partial charge is 0.165 e. The highest BCUT2D eigenvalue weighted by Crippen LogP contribution is 2.42. The predicted molar refractivity (Wildman–Crippen MR) is 204 cm³/mol. The SMILES string of the molecule is c1ccc(-n2c3ccccc3c3c(-c4ccc5c(c4)n(-c4ccccc4)c4nc6c7ccccc7c7ccccc7n6c54)cccc32)cc1. The van der Waals surface area contributed by atoms with Gasteiger partial charge in [0.05, 0.1) is 22.1 Å². The summed E-state index contributed by atoms with van der Waals surface area (Å²) in [6.07, 6.45) is 0. The third kappa shape index (κ3) is 3.60. The summed E-state index contributed by atoms with van der Waals surface area (Å²) in [5.74, 6) is 0. The molecule has 11 rings (SSSR count). The van der Waals surface area contributed by atoms with Crippen LogP contribution in [0.4, 0.5) is 0 Å². The first-order valence-electron chi connectivity index (χ1n) is 16.7. The number of aromatic nitrogens is 4. The van der Waals surface area contributed by atoms with Crippen molar-refractivity contribution in [1.82, 2.24) is 18.5 Å². The molecule has 4 aromatic heterocycles. The Morgan fingerprint density at radius 1 is 0.367 bits per heavy atom. The summed E-state index contributed by atoms with van der Waals surface area (Å²) in [6, 6.07) is 61.1. The molecule has 0 bridgehead atoms. The van der Waals surface area contributed by atoms with Crippen molar-refractivity contribution < 1.29 is 0 Å². The topological polar surface area (TPSA) is 27.2 Å². The van der Waals surface area contributed by atoms with Crippen LogP contribution in [-0.4, -0.2) is 18.5 Å². The van der Waals surface area contributed by atoms with Gasteiger partial charge in [-0.05, 0) is 71.1 Å². The highest BCUT2D eigenvalue weighted by Gasteiger charge is 2.23. The van der Waals surface area contributed by atoms with Crippen molar-refractivity contribution >= 4 is 71.2 Å². The highest BCUT2D eigenvalue weighted by atomic mass is 15.1. The van der Waals surface area contributed by atoms with E-state index in [4.69, 9.17) is 4.98 Å². The van der Waals surface area contributed by atoms with E-state index in [0.717, 1.165) is 44.6 Å². The molecule has 0 spiro atoms. The van der Waals surface area contributed by atoms with Crippen LogP contribution in [0.3, 0.4) is 0 Å². The molecule has 0 aliphatic rings. The van der Waals surface area contributed by atoms with E-state index in [9.17, 15) is 0 Å². The molecule has 4 heterocycles. The fourth-order valence-corrected chi connectivity index (χ4v) is 8.18. The van der Waals surface area contributed by atoms with Crippen molar-refractivity contribution in [3.05, 3.63) is 170 Å². The molecule has 0 N–H and O–H groups in total. The summed E-state index contributed by atoms with van der Waals surface area (Å²) in [5.41, 5.74) is 12.4. The van der Waals surface area contributed by atoms with Crippen LogP contribution in [0.25, 0.3) is 93.7 Å². The van der Waals surface area contributed by atoms with Crippen LogP contribution < -0.4 is 0 Å². The predicted octanol–water partition coefficient (Wildman–Crippen LogP) is 11.5. The van der Waals surface area contributed by atoms with Crippen LogP contribution in [-0.2, 0) is 0 Å². The number of nitrogens with zero attached hydrogens (tertiary/aromatic N) is 4. The lowest BCUT2D eigenvalue weighted by Crippen LogP contribution is -1.95. The summed E-state index contributed by atoms with van der Waals surface area (Å²) < 4.78 is 7.11. The maximum Gasteiger partial charge on any atom is 0.165 e. The van der Waals surface area contributed by atoms with Gasteiger partial charge >= 0.3 is 0 Å². The largest absolute Gasteiger partial charge is 0.309 e. The van der Waals surface area contributed by atoms with E-state index < -0.39 is 0 Å². The molecule has 0 atom stereocenters. The molecule has 0 aliphatic heterocycles. The monoisotopic (exact) mass is 624 g/mol. The minimum absolute atomic E-state index is 0.957. The third-order valence-corrected chi connectivity index (χ3v) is 10.2.